The van der Waals surface area contributed by atoms with E-state index in [1.165, 1.54) is 25.7 Å². The van der Waals surface area contributed by atoms with Crippen LogP contribution in [0.5, 0.6) is 0 Å². The summed E-state index contributed by atoms with van der Waals surface area (Å²) < 4.78 is 0. The lowest BCUT2D eigenvalue weighted by Gasteiger charge is -2.67. The Hall–Kier alpha value is -0.860. The van der Waals surface area contributed by atoms with E-state index in [-0.39, 0.29) is 5.92 Å². The molecule has 5 saturated carbocycles. The number of ketones is 1. The van der Waals surface area contributed by atoms with Crippen LogP contribution in [0.2, 0.25) is 0 Å². The lowest BCUT2D eigenvalue weighted by atomic mass is 9.38. The summed E-state index contributed by atoms with van der Waals surface area (Å²) in [6, 6.07) is 0. The quantitative estimate of drug-likeness (QED) is 0.627. The summed E-state index contributed by atoms with van der Waals surface area (Å²) in [5.41, 5.74) is 0.251. The van der Waals surface area contributed by atoms with Crippen LogP contribution in [0.4, 0.5) is 0 Å². The maximum Gasteiger partial charge on any atom is 0.309 e. The topological polar surface area (TPSA) is 54.4 Å². The van der Waals surface area contributed by atoms with Crippen molar-refractivity contribution >= 4 is 11.8 Å². The lowest BCUT2D eigenvalue weighted by molar-refractivity contribution is -0.191. The first-order chi connectivity index (χ1) is 13.2. The molecule has 9 unspecified atom stereocenters. The summed E-state index contributed by atoms with van der Waals surface area (Å²) in [6.45, 7) is 7.28. The molecule has 1 N–H and O–H groups in total. The SMILES string of the molecule is CC1C(=O)CCC2(C)C1CCC1(C)C3CCC4(C(=O)O)CCCC4C3CCC21. The Morgan fingerprint density at radius 3 is 2.36 bits per heavy atom. The minimum atomic E-state index is -0.504. The predicted molar refractivity (Wildman–Crippen MR) is 109 cm³/mol. The first-order valence-corrected chi connectivity index (χ1v) is 12.0. The zero-order valence-corrected chi connectivity index (χ0v) is 18.0. The summed E-state index contributed by atoms with van der Waals surface area (Å²) in [4.78, 5) is 24.7. The van der Waals surface area contributed by atoms with Gasteiger partial charge in [0.05, 0.1) is 5.41 Å². The maximum atomic E-state index is 12.4. The smallest absolute Gasteiger partial charge is 0.309 e. The standard InChI is InChI=1S/C25H38O3/c1-15-17-8-12-24(3)18-9-14-25(22(27)28)11-4-5-19(25)16(18)6-7-21(24)23(17,2)13-10-20(15)26/h15-19,21H,4-14H2,1-3H3,(H,27,28). The first kappa shape index (κ1) is 19.1. The summed E-state index contributed by atoms with van der Waals surface area (Å²) in [5, 5.41) is 10.1. The zero-order valence-electron chi connectivity index (χ0n) is 18.0. The van der Waals surface area contributed by atoms with E-state index in [1.807, 2.05) is 0 Å². The Morgan fingerprint density at radius 2 is 1.61 bits per heavy atom. The molecule has 156 valence electrons. The van der Waals surface area contributed by atoms with Crippen molar-refractivity contribution in [2.45, 2.75) is 91.4 Å². The van der Waals surface area contributed by atoms with Gasteiger partial charge in [0.15, 0.2) is 0 Å². The minimum Gasteiger partial charge on any atom is -0.481 e. The molecular formula is C25H38O3. The third-order valence-electron chi connectivity index (χ3n) is 11.3. The van der Waals surface area contributed by atoms with Gasteiger partial charge in [-0.1, -0.05) is 27.2 Å². The van der Waals surface area contributed by atoms with Crippen LogP contribution in [-0.2, 0) is 9.59 Å². The van der Waals surface area contributed by atoms with Crippen molar-refractivity contribution in [2.24, 2.45) is 51.8 Å². The Morgan fingerprint density at radius 1 is 0.893 bits per heavy atom. The van der Waals surface area contributed by atoms with Gasteiger partial charge in [0.2, 0.25) is 0 Å². The monoisotopic (exact) mass is 386 g/mol. The molecule has 28 heavy (non-hydrogen) atoms. The number of fused-ring (bicyclic) bond motifs is 7. The molecule has 0 aromatic heterocycles. The zero-order chi connectivity index (χ0) is 19.9. The fourth-order valence-electron chi connectivity index (χ4n) is 10.0. The number of carbonyl (C=O) groups excluding carboxylic acids is 1. The molecule has 9 atom stereocenters. The molecule has 0 bridgehead atoms. The van der Waals surface area contributed by atoms with Crippen LogP contribution in [-0.4, -0.2) is 16.9 Å². The van der Waals surface area contributed by atoms with E-state index >= 15 is 0 Å². The highest BCUT2D eigenvalue weighted by Crippen LogP contribution is 2.71. The second-order valence-corrected chi connectivity index (χ2v) is 11.8. The summed E-state index contributed by atoms with van der Waals surface area (Å²) in [7, 11) is 0. The van der Waals surface area contributed by atoms with Gasteiger partial charge in [-0.3, -0.25) is 9.59 Å². The molecule has 0 aliphatic heterocycles. The summed E-state index contributed by atoms with van der Waals surface area (Å²) in [6.07, 6.45) is 12.0. The van der Waals surface area contributed by atoms with E-state index in [4.69, 9.17) is 0 Å². The van der Waals surface area contributed by atoms with Crippen LogP contribution in [0.25, 0.3) is 0 Å². The second kappa shape index (κ2) is 6.08. The van der Waals surface area contributed by atoms with Gasteiger partial charge in [-0.2, -0.15) is 0 Å². The highest BCUT2D eigenvalue weighted by atomic mass is 16.4. The van der Waals surface area contributed by atoms with Gasteiger partial charge >= 0.3 is 5.97 Å². The Balaban J connectivity index is 1.48. The van der Waals surface area contributed by atoms with E-state index in [2.05, 4.69) is 20.8 Å². The van der Waals surface area contributed by atoms with Crippen LogP contribution in [0, 0.1) is 51.8 Å². The van der Waals surface area contributed by atoms with E-state index in [9.17, 15) is 14.7 Å². The van der Waals surface area contributed by atoms with E-state index in [0.717, 1.165) is 44.9 Å². The molecule has 0 saturated heterocycles. The largest absolute Gasteiger partial charge is 0.481 e. The number of Topliss-reactive ketones (excluding diaryl/α,β-unsaturated/α-hetero) is 1. The van der Waals surface area contributed by atoms with Crippen LogP contribution in [0.1, 0.15) is 91.4 Å². The molecule has 0 aromatic rings. The van der Waals surface area contributed by atoms with Crippen molar-refractivity contribution in [3.8, 4) is 0 Å². The molecule has 0 heterocycles. The molecule has 3 nitrogen and oxygen atoms in total. The highest BCUT2D eigenvalue weighted by Gasteiger charge is 2.65. The highest BCUT2D eigenvalue weighted by molar-refractivity contribution is 5.82. The van der Waals surface area contributed by atoms with Gasteiger partial charge in [0, 0.05) is 12.3 Å². The number of carbonyl (C=O) groups is 2. The fraction of sp³-hybridized carbons (Fsp3) is 0.920. The van der Waals surface area contributed by atoms with Gasteiger partial charge in [0.25, 0.3) is 0 Å². The lowest BCUT2D eigenvalue weighted by Crippen LogP contribution is -2.61. The minimum absolute atomic E-state index is 0.238. The third-order valence-corrected chi connectivity index (χ3v) is 11.3. The summed E-state index contributed by atoms with van der Waals surface area (Å²) >= 11 is 0. The average molecular weight is 387 g/mol. The van der Waals surface area contributed by atoms with Crippen molar-refractivity contribution < 1.29 is 14.7 Å². The van der Waals surface area contributed by atoms with E-state index in [1.54, 1.807) is 0 Å². The number of rotatable bonds is 1. The molecule has 0 radical (unpaired) electrons. The Labute approximate surface area is 170 Å². The molecular weight excluding hydrogens is 348 g/mol. The van der Waals surface area contributed by atoms with Gasteiger partial charge < -0.3 is 5.11 Å². The Bertz CT molecular complexity index is 700. The van der Waals surface area contributed by atoms with Crippen LogP contribution in [0.3, 0.4) is 0 Å². The van der Waals surface area contributed by atoms with Crippen LogP contribution >= 0.6 is 0 Å². The number of hydrogen-bond acceptors (Lipinski definition) is 2. The number of carboxylic acids is 1. The first-order valence-electron chi connectivity index (χ1n) is 12.0. The van der Waals surface area contributed by atoms with Crippen molar-refractivity contribution in [3.05, 3.63) is 0 Å². The van der Waals surface area contributed by atoms with Gasteiger partial charge in [0.1, 0.15) is 5.78 Å². The van der Waals surface area contributed by atoms with Crippen LogP contribution < -0.4 is 0 Å². The molecule has 0 aromatic carbocycles. The number of carboxylic acid groups (broad SMARTS) is 1. The molecule has 5 rings (SSSR count). The van der Waals surface area contributed by atoms with Gasteiger partial charge in [-0.15, -0.1) is 0 Å². The molecule has 0 amide bonds. The number of hydrogen-bond donors (Lipinski definition) is 1. The molecule has 3 heteroatoms. The van der Waals surface area contributed by atoms with Crippen molar-refractivity contribution in [3.63, 3.8) is 0 Å². The van der Waals surface area contributed by atoms with Gasteiger partial charge in [-0.05, 0) is 98.2 Å². The van der Waals surface area contributed by atoms with Gasteiger partial charge in [-0.25, -0.2) is 0 Å². The second-order valence-electron chi connectivity index (χ2n) is 11.8. The third kappa shape index (κ3) is 2.23. The predicted octanol–water partition coefficient (Wildman–Crippen LogP) is 5.72. The number of aliphatic carboxylic acids is 1. The summed E-state index contributed by atoms with van der Waals surface area (Å²) in [5.74, 6) is 3.25. The van der Waals surface area contributed by atoms with Crippen LogP contribution in [0.15, 0.2) is 0 Å². The van der Waals surface area contributed by atoms with E-state index < -0.39 is 11.4 Å². The van der Waals surface area contributed by atoms with Crippen molar-refractivity contribution in [1.82, 2.24) is 0 Å². The molecule has 0 spiro atoms. The Kier molecular flexibility index (Phi) is 4.15. The molecule has 5 aliphatic carbocycles. The molecule has 5 aliphatic rings. The molecule has 5 fully saturated rings. The fourth-order valence-corrected chi connectivity index (χ4v) is 10.0. The maximum absolute atomic E-state index is 12.4. The van der Waals surface area contributed by atoms with Crippen molar-refractivity contribution in [2.75, 3.05) is 0 Å². The normalized spacial score (nSPS) is 55.6. The average Bonchev–Trinajstić information content (AvgIpc) is 3.11. The van der Waals surface area contributed by atoms with Crippen molar-refractivity contribution in [1.29, 1.82) is 0 Å². The van der Waals surface area contributed by atoms with E-state index in [0.29, 0.717) is 46.2 Å².